The highest BCUT2D eigenvalue weighted by molar-refractivity contribution is 7.89. The van der Waals surface area contributed by atoms with Crippen LogP contribution in [0.3, 0.4) is 0 Å². The van der Waals surface area contributed by atoms with Crippen LogP contribution in [0.15, 0.2) is 41.6 Å². The molecule has 1 heterocycles. The van der Waals surface area contributed by atoms with Crippen molar-refractivity contribution in [3.8, 4) is 0 Å². The van der Waals surface area contributed by atoms with Gasteiger partial charge in [0.05, 0.1) is 14.9 Å². The molecule has 0 aliphatic heterocycles. The van der Waals surface area contributed by atoms with Crippen molar-refractivity contribution < 1.29 is 8.42 Å². The van der Waals surface area contributed by atoms with E-state index in [2.05, 4.69) is 9.71 Å². The monoisotopic (exact) mass is 318 g/mol. The van der Waals surface area contributed by atoms with E-state index in [1.54, 1.807) is 6.20 Å². The van der Waals surface area contributed by atoms with Crippen LogP contribution < -0.4 is 4.72 Å². The van der Waals surface area contributed by atoms with Gasteiger partial charge in [-0.25, -0.2) is 13.1 Å². The van der Waals surface area contributed by atoms with Crippen LogP contribution in [0.25, 0.3) is 0 Å². The summed E-state index contributed by atoms with van der Waals surface area (Å²) in [6.45, 7) is 0.320. The molecule has 19 heavy (non-hydrogen) atoms. The molecule has 0 saturated carbocycles. The molecule has 0 fully saturated rings. The maximum absolute atomic E-state index is 12.0. The Kier molecular flexibility index (Phi) is 4.52. The predicted octanol–water partition coefficient (Wildman–Crippen LogP) is 2.84. The Hall–Kier alpha value is -1.01. The van der Waals surface area contributed by atoms with Gasteiger partial charge < -0.3 is 4.98 Å². The maximum atomic E-state index is 12.0. The number of nitrogens with one attached hydrogen (secondary N) is 2. The number of H-pyrrole nitrogens is 1. The first-order chi connectivity index (χ1) is 8.99. The highest BCUT2D eigenvalue weighted by Crippen LogP contribution is 2.24. The molecule has 2 N–H and O–H groups in total. The van der Waals surface area contributed by atoms with E-state index in [4.69, 9.17) is 23.2 Å². The lowest BCUT2D eigenvalue weighted by molar-refractivity contribution is 0.581. The summed E-state index contributed by atoms with van der Waals surface area (Å²) < 4.78 is 26.5. The summed E-state index contributed by atoms with van der Waals surface area (Å²) in [5.41, 5.74) is 1.04. The van der Waals surface area contributed by atoms with Gasteiger partial charge in [0, 0.05) is 18.9 Å². The lowest BCUT2D eigenvalue weighted by Gasteiger charge is -2.07. The lowest BCUT2D eigenvalue weighted by atomic mass is 10.2. The van der Waals surface area contributed by atoms with Gasteiger partial charge in [-0.05, 0) is 36.2 Å². The van der Waals surface area contributed by atoms with Crippen LogP contribution in [0.2, 0.25) is 10.0 Å². The maximum Gasteiger partial charge on any atom is 0.240 e. The molecule has 2 aromatic rings. The first kappa shape index (κ1) is 14.4. The molecule has 4 nitrogen and oxygen atoms in total. The lowest BCUT2D eigenvalue weighted by Crippen LogP contribution is -2.25. The fourth-order valence-corrected chi connectivity index (χ4v) is 2.99. The summed E-state index contributed by atoms with van der Waals surface area (Å²) >= 11 is 11.6. The molecule has 0 atom stereocenters. The molecule has 0 amide bonds. The van der Waals surface area contributed by atoms with Gasteiger partial charge in [0.25, 0.3) is 0 Å². The molecule has 0 saturated heterocycles. The fraction of sp³-hybridized carbons (Fsp3) is 0.167. The second-order valence-corrected chi connectivity index (χ2v) is 6.52. The fourth-order valence-electron chi connectivity index (χ4n) is 1.57. The molecule has 1 aromatic carbocycles. The van der Waals surface area contributed by atoms with E-state index in [1.165, 1.54) is 18.2 Å². The molecule has 0 spiro atoms. The van der Waals surface area contributed by atoms with Gasteiger partial charge in [0.2, 0.25) is 10.0 Å². The van der Waals surface area contributed by atoms with Gasteiger partial charge >= 0.3 is 0 Å². The van der Waals surface area contributed by atoms with Gasteiger partial charge in [-0.15, -0.1) is 0 Å². The molecule has 0 aliphatic carbocycles. The van der Waals surface area contributed by atoms with Crippen molar-refractivity contribution in [3.05, 3.63) is 52.3 Å². The van der Waals surface area contributed by atoms with Crippen LogP contribution in [0.5, 0.6) is 0 Å². The Bertz CT molecular complexity index is 654. The van der Waals surface area contributed by atoms with Crippen molar-refractivity contribution in [1.82, 2.24) is 9.71 Å². The summed E-state index contributed by atoms with van der Waals surface area (Å²) in [6, 6.07) is 6.12. The largest absolute Gasteiger partial charge is 0.367 e. The van der Waals surface area contributed by atoms with E-state index in [-0.39, 0.29) is 9.92 Å². The van der Waals surface area contributed by atoms with Gasteiger partial charge in [-0.3, -0.25) is 0 Å². The number of sulfonamides is 1. The average Bonchev–Trinajstić information content (AvgIpc) is 2.85. The number of rotatable bonds is 5. The quantitative estimate of drug-likeness (QED) is 0.890. The molecule has 0 aliphatic rings. The number of aromatic nitrogens is 1. The van der Waals surface area contributed by atoms with E-state index in [1.807, 2.05) is 12.3 Å². The molecule has 7 heteroatoms. The second kappa shape index (κ2) is 5.96. The smallest absolute Gasteiger partial charge is 0.240 e. The Morgan fingerprint density at radius 1 is 1.16 bits per heavy atom. The van der Waals surface area contributed by atoms with Gasteiger partial charge in [-0.1, -0.05) is 23.2 Å². The van der Waals surface area contributed by atoms with Gasteiger partial charge in [-0.2, -0.15) is 0 Å². The predicted molar refractivity (Wildman–Crippen MR) is 76.1 cm³/mol. The van der Waals surface area contributed by atoms with Crippen molar-refractivity contribution in [2.24, 2.45) is 0 Å². The number of benzene rings is 1. The highest BCUT2D eigenvalue weighted by atomic mass is 35.5. The zero-order valence-corrected chi connectivity index (χ0v) is 12.2. The topological polar surface area (TPSA) is 62.0 Å². The molecule has 0 bridgehead atoms. The normalized spacial score (nSPS) is 11.7. The van der Waals surface area contributed by atoms with Crippen LogP contribution in [0.4, 0.5) is 0 Å². The number of aromatic amines is 1. The zero-order valence-electron chi connectivity index (χ0n) is 9.86. The van der Waals surface area contributed by atoms with E-state index in [0.717, 1.165) is 5.56 Å². The molecular weight excluding hydrogens is 307 g/mol. The Labute approximate surface area is 121 Å². The van der Waals surface area contributed by atoms with Crippen molar-refractivity contribution in [3.63, 3.8) is 0 Å². The number of halogens is 2. The van der Waals surface area contributed by atoms with E-state index in [9.17, 15) is 8.42 Å². The van der Waals surface area contributed by atoms with Crippen LogP contribution in [-0.4, -0.2) is 19.9 Å². The first-order valence-electron chi connectivity index (χ1n) is 5.55. The van der Waals surface area contributed by atoms with E-state index in [0.29, 0.717) is 18.0 Å². The third-order valence-electron chi connectivity index (χ3n) is 2.57. The van der Waals surface area contributed by atoms with Gasteiger partial charge in [0.1, 0.15) is 0 Å². The summed E-state index contributed by atoms with van der Waals surface area (Å²) in [6.07, 6.45) is 4.24. The number of hydrogen-bond acceptors (Lipinski definition) is 2. The summed E-state index contributed by atoms with van der Waals surface area (Å²) in [5, 5.41) is 0.545. The third-order valence-corrected chi connectivity index (χ3v) is 4.77. The van der Waals surface area contributed by atoms with Crippen LogP contribution in [0.1, 0.15) is 5.56 Å². The summed E-state index contributed by atoms with van der Waals surface area (Å²) in [4.78, 5) is 3.02. The third kappa shape index (κ3) is 3.73. The average molecular weight is 319 g/mol. The first-order valence-corrected chi connectivity index (χ1v) is 7.79. The zero-order chi connectivity index (χ0) is 13.9. The molecule has 102 valence electrons. The van der Waals surface area contributed by atoms with Crippen LogP contribution in [-0.2, 0) is 16.4 Å². The van der Waals surface area contributed by atoms with Crippen molar-refractivity contribution in [1.29, 1.82) is 0 Å². The Morgan fingerprint density at radius 2 is 1.95 bits per heavy atom. The summed E-state index contributed by atoms with van der Waals surface area (Å²) in [7, 11) is -3.56. The van der Waals surface area contributed by atoms with Crippen molar-refractivity contribution in [2.45, 2.75) is 11.3 Å². The number of hydrogen-bond donors (Lipinski definition) is 2. The van der Waals surface area contributed by atoms with Crippen molar-refractivity contribution >= 4 is 33.2 Å². The molecular formula is C12H12Cl2N2O2S. The SMILES string of the molecule is O=S(=O)(NCCc1cc[nH]c1)c1ccc(Cl)c(Cl)c1. The summed E-state index contributed by atoms with van der Waals surface area (Å²) in [5.74, 6) is 0. The minimum absolute atomic E-state index is 0.107. The molecule has 2 rings (SSSR count). The minimum atomic E-state index is -3.56. The molecule has 0 radical (unpaired) electrons. The Balaban J connectivity index is 2.03. The van der Waals surface area contributed by atoms with E-state index < -0.39 is 10.0 Å². The van der Waals surface area contributed by atoms with E-state index >= 15 is 0 Å². The molecule has 0 unspecified atom stereocenters. The minimum Gasteiger partial charge on any atom is -0.367 e. The second-order valence-electron chi connectivity index (χ2n) is 3.94. The van der Waals surface area contributed by atoms with Crippen molar-refractivity contribution in [2.75, 3.05) is 6.54 Å². The standard InChI is InChI=1S/C12H12Cl2N2O2S/c13-11-2-1-10(7-12(11)14)19(17,18)16-6-4-9-3-5-15-8-9/h1-3,5,7-8,15-16H,4,6H2. The molecule has 1 aromatic heterocycles. The highest BCUT2D eigenvalue weighted by Gasteiger charge is 2.14. The van der Waals surface area contributed by atoms with Crippen LogP contribution >= 0.6 is 23.2 Å². The Morgan fingerprint density at radius 3 is 2.58 bits per heavy atom. The van der Waals surface area contributed by atoms with Gasteiger partial charge in [0.15, 0.2) is 0 Å². The van der Waals surface area contributed by atoms with Crippen LogP contribution in [0, 0.1) is 0 Å².